The Hall–Kier alpha value is -4.00. The van der Waals surface area contributed by atoms with Gasteiger partial charge in [0.15, 0.2) is 0 Å². The molecule has 7 heteroatoms. The van der Waals surface area contributed by atoms with E-state index >= 15 is 0 Å². The van der Waals surface area contributed by atoms with Gasteiger partial charge in [-0.2, -0.15) is 0 Å². The average molecular weight is 503 g/mol. The Bertz CT molecular complexity index is 1200. The van der Waals surface area contributed by atoms with Crippen molar-refractivity contribution in [3.63, 3.8) is 0 Å². The van der Waals surface area contributed by atoms with E-state index in [0.717, 1.165) is 43.1 Å². The van der Waals surface area contributed by atoms with Gasteiger partial charge in [-0.25, -0.2) is 4.79 Å². The van der Waals surface area contributed by atoms with E-state index in [2.05, 4.69) is 36.9 Å². The maximum Gasteiger partial charge on any atom is 0.335 e. The van der Waals surface area contributed by atoms with E-state index in [1.54, 1.807) is 24.3 Å². The number of aryl methyl sites for hydroxylation is 1. The summed E-state index contributed by atoms with van der Waals surface area (Å²) in [6.45, 7) is 7.62. The predicted molar refractivity (Wildman–Crippen MR) is 153 cm³/mol. The van der Waals surface area contributed by atoms with Crippen LogP contribution in [0.5, 0.6) is 0 Å². The molecule has 1 N–H and O–H groups in total. The number of nitrogens with zero attached hydrogens (tertiary/aromatic N) is 4. The number of carbonyl (C=O) groups excluding carboxylic acids is 1. The fourth-order valence-corrected chi connectivity index (χ4v) is 4.22. The molecule has 0 radical (unpaired) electrons. The number of carboxylic acids is 1. The summed E-state index contributed by atoms with van der Waals surface area (Å²) in [5, 5.41) is 8.60. The first kappa shape index (κ1) is 27.6. The number of carbonyl (C=O) groups is 2. The van der Waals surface area contributed by atoms with E-state index in [0.29, 0.717) is 5.56 Å². The average Bonchev–Trinajstić information content (AvgIpc) is 2.90. The summed E-state index contributed by atoms with van der Waals surface area (Å²) in [6, 6.07) is 21.0. The van der Waals surface area contributed by atoms with Crippen LogP contribution < -0.4 is 14.7 Å². The van der Waals surface area contributed by atoms with Crippen molar-refractivity contribution in [1.82, 2.24) is 4.90 Å². The molecule has 0 saturated carbocycles. The minimum Gasteiger partial charge on any atom is -0.478 e. The summed E-state index contributed by atoms with van der Waals surface area (Å²) < 4.78 is 0. The second-order valence-corrected chi connectivity index (χ2v) is 9.69. The molecule has 0 aliphatic carbocycles. The predicted octanol–water partition coefficient (Wildman–Crippen LogP) is 4.78. The monoisotopic (exact) mass is 502 g/mol. The molecule has 0 atom stereocenters. The fraction of sp³-hybridized carbons (Fsp3) is 0.333. The lowest BCUT2D eigenvalue weighted by molar-refractivity contribution is 0.0695. The first-order chi connectivity index (χ1) is 17.6. The van der Waals surface area contributed by atoms with Crippen LogP contribution in [-0.4, -0.2) is 76.3 Å². The standard InChI is InChI=1S/C21H27N3O.C9H11NO2/c1-16-6-5-7-20(17(16)2)23-12-14-24(15-13-23)21(25)18-8-10-19(11-9-18)22(3)4;1-10(2)8-5-3-7(4-6-8)9(11)12/h5-11H,12-15H2,1-4H3;3-6H,1-2H3,(H,11,12). The van der Waals surface area contributed by atoms with Gasteiger partial charge in [-0.05, 0) is 79.6 Å². The topological polar surface area (TPSA) is 67.3 Å². The number of rotatable bonds is 5. The molecule has 1 saturated heterocycles. The SMILES string of the molecule is CN(C)c1ccc(C(=O)O)cc1.Cc1cccc(N2CCN(C(=O)c3ccc(N(C)C)cc3)CC2)c1C. The van der Waals surface area contributed by atoms with E-state index in [4.69, 9.17) is 5.11 Å². The number of aromatic carboxylic acids is 1. The molecule has 3 aromatic rings. The van der Waals surface area contributed by atoms with Gasteiger partial charge in [0.2, 0.25) is 0 Å². The molecule has 0 bridgehead atoms. The van der Waals surface area contributed by atoms with Crippen LogP contribution in [0, 0.1) is 13.8 Å². The van der Waals surface area contributed by atoms with E-state index in [-0.39, 0.29) is 5.91 Å². The van der Waals surface area contributed by atoms with Gasteiger partial charge in [0.1, 0.15) is 0 Å². The molecule has 0 spiro atoms. The summed E-state index contributed by atoms with van der Waals surface area (Å²) in [7, 11) is 7.83. The largest absolute Gasteiger partial charge is 0.478 e. The third-order valence-electron chi connectivity index (χ3n) is 6.74. The number of carboxylic acid groups (broad SMARTS) is 1. The van der Waals surface area contributed by atoms with Gasteiger partial charge in [-0.3, -0.25) is 4.79 Å². The quantitative estimate of drug-likeness (QED) is 0.542. The van der Waals surface area contributed by atoms with Crippen molar-refractivity contribution in [3.8, 4) is 0 Å². The molecule has 196 valence electrons. The van der Waals surface area contributed by atoms with Crippen LogP contribution in [0.3, 0.4) is 0 Å². The van der Waals surface area contributed by atoms with E-state index < -0.39 is 5.97 Å². The molecular weight excluding hydrogens is 464 g/mol. The van der Waals surface area contributed by atoms with Crippen LogP contribution in [0.15, 0.2) is 66.7 Å². The summed E-state index contributed by atoms with van der Waals surface area (Å²) in [5.41, 5.74) is 7.14. The molecule has 1 amide bonds. The van der Waals surface area contributed by atoms with Gasteiger partial charge in [0.05, 0.1) is 5.56 Å². The molecule has 37 heavy (non-hydrogen) atoms. The van der Waals surface area contributed by atoms with Crippen LogP contribution in [0.4, 0.5) is 17.1 Å². The molecule has 0 aromatic heterocycles. The van der Waals surface area contributed by atoms with Gasteiger partial charge in [0.25, 0.3) is 5.91 Å². The number of amides is 1. The van der Waals surface area contributed by atoms with Crippen LogP contribution in [0.25, 0.3) is 0 Å². The lowest BCUT2D eigenvalue weighted by Crippen LogP contribution is -2.49. The fourth-order valence-electron chi connectivity index (χ4n) is 4.22. The Morgan fingerprint density at radius 3 is 1.65 bits per heavy atom. The minimum absolute atomic E-state index is 0.130. The van der Waals surface area contributed by atoms with E-state index in [9.17, 15) is 9.59 Å². The molecule has 1 aliphatic heterocycles. The molecule has 3 aromatic carbocycles. The Morgan fingerprint density at radius 1 is 0.703 bits per heavy atom. The summed E-state index contributed by atoms with van der Waals surface area (Å²) >= 11 is 0. The zero-order valence-corrected chi connectivity index (χ0v) is 22.7. The number of benzene rings is 3. The zero-order valence-electron chi connectivity index (χ0n) is 22.7. The molecule has 7 nitrogen and oxygen atoms in total. The highest BCUT2D eigenvalue weighted by Crippen LogP contribution is 2.24. The minimum atomic E-state index is -0.889. The van der Waals surface area contributed by atoms with Crippen molar-refractivity contribution >= 4 is 28.9 Å². The molecule has 1 heterocycles. The van der Waals surface area contributed by atoms with Crippen LogP contribution in [-0.2, 0) is 0 Å². The third kappa shape index (κ3) is 7.03. The van der Waals surface area contributed by atoms with Crippen molar-refractivity contribution in [3.05, 3.63) is 89.0 Å². The second-order valence-electron chi connectivity index (χ2n) is 9.69. The maximum atomic E-state index is 12.7. The molecular formula is C30H38N4O3. The van der Waals surface area contributed by atoms with Crippen molar-refractivity contribution in [1.29, 1.82) is 0 Å². The van der Waals surface area contributed by atoms with E-state index in [1.807, 2.05) is 67.2 Å². The van der Waals surface area contributed by atoms with Gasteiger partial charge in [-0.15, -0.1) is 0 Å². The number of hydrogen-bond donors (Lipinski definition) is 1. The Balaban J connectivity index is 0.000000266. The highest BCUT2D eigenvalue weighted by atomic mass is 16.4. The zero-order chi connectivity index (χ0) is 27.1. The van der Waals surface area contributed by atoms with Crippen molar-refractivity contribution in [2.75, 3.05) is 69.1 Å². The number of anilines is 3. The first-order valence-electron chi connectivity index (χ1n) is 12.5. The normalized spacial score (nSPS) is 12.9. The van der Waals surface area contributed by atoms with Crippen molar-refractivity contribution in [2.24, 2.45) is 0 Å². The lowest BCUT2D eigenvalue weighted by Gasteiger charge is -2.37. The van der Waals surface area contributed by atoms with E-state index in [1.165, 1.54) is 16.8 Å². The number of piperazine rings is 1. The van der Waals surface area contributed by atoms with Crippen LogP contribution >= 0.6 is 0 Å². The smallest absolute Gasteiger partial charge is 0.335 e. The van der Waals surface area contributed by atoms with Crippen LogP contribution in [0.2, 0.25) is 0 Å². The van der Waals surface area contributed by atoms with Gasteiger partial charge < -0.3 is 24.7 Å². The molecule has 4 rings (SSSR count). The summed E-state index contributed by atoms with van der Waals surface area (Å²) in [5.74, 6) is -0.758. The van der Waals surface area contributed by atoms with Crippen LogP contribution in [0.1, 0.15) is 31.8 Å². The maximum absolute atomic E-state index is 12.7. The first-order valence-corrected chi connectivity index (χ1v) is 12.5. The number of hydrogen-bond acceptors (Lipinski definition) is 5. The lowest BCUT2D eigenvalue weighted by atomic mass is 10.1. The van der Waals surface area contributed by atoms with Crippen molar-refractivity contribution < 1.29 is 14.7 Å². The van der Waals surface area contributed by atoms with Crippen molar-refractivity contribution in [2.45, 2.75) is 13.8 Å². The Labute approximate surface area is 220 Å². The van der Waals surface area contributed by atoms with Gasteiger partial charge in [0, 0.05) is 77.0 Å². The second kappa shape index (κ2) is 12.3. The Kier molecular flexibility index (Phi) is 9.17. The summed E-state index contributed by atoms with van der Waals surface area (Å²) in [6.07, 6.45) is 0. The summed E-state index contributed by atoms with van der Waals surface area (Å²) in [4.78, 5) is 31.5. The molecule has 1 fully saturated rings. The Morgan fingerprint density at radius 2 is 1.19 bits per heavy atom. The molecule has 1 aliphatic rings. The highest BCUT2D eigenvalue weighted by Gasteiger charge is 2.23. The van der Waals surface area contributed by atoms with Gasteiger partial charge in [-0.1, -0.05) is 12.1 Å². The third-order valence-corrected chi connectivity index (χ3v) is 6.74. The molecule has 0 unspecified atom stereocenters. The highest BCUT2D eigenvalue weighted by molar-refractivity contribution is 5.94. The van der Waals surface area contributed by atoms with Gasteiger partial charge >= 0.3 is 5.97 Å².